The second-order valence-electron chi connectivity index (χ2n) is 3.77. The Balaban J connectivity index is 1.91. The second-order valence-corrected chi connectivity index (χ2v) is 3.77. The number of aromatic nitrogens is 2. The fraction of sp³-hybridized carbons (Fsp3) is 0.600. The van der Waals surface area contributed by atoms with Gasteiger partial charge in [-0.2, -0.15) is 5.10 Å². The maximum atomic E-state index is 9.48. The summed E-state index contributed by atoms with van der Waals surface area (Å²) in [4.78, 5) is 0. The van der Waals surface area contributed by atoms with Crippen molar-refractivity contribution in [1.82, 2.24) is 10.2 Å². The molecule has 1 aliphatic carbocycles. The zero-order valence-corrected chi connectivity index (χ0v) is 8.06. The summed E-state index contributed by atoms with van der Waals surface area (Å²) in [6.07, 6.45) is 5.43. The van der Waals surface area contributed by atoms with Crippen LogP contribution in [0, 0.1) is 0 Å². The monoisotopic (exact) mass is 193 g/mol. The van der Waals surface area contributed by atoms with Gasteiger partial charge in [0.15, 0.2) is 0 Å². The van der Waals surface area contributed by atoms with Gasteiger partial charge in [-0.25, -0.2) is 0 Å². The highest BCUT2D eigenvalue weighted by molar-refractivity contribution is 5.32. The summed E-state index contributed by atoms with van der Waals surface area (Å²) in [6, 6.07) is 4.10. The second kappa shape index (κ2) is 4.37. The number of rotatable bonds is 2. The Morgan fingerprint density at radius 2 is 2.36 bits per heavy atom. The highest BCUT2D eigenvalue weighted by atomic mass is 16.3. The SMILES string of the molecule is O[C@H]1CCC[C@@H](Nc2cccnn2)C1. The number of aliphatic hydroxyl groups excluding tert-OH is 1. The van der Waals surface area contributed by atoms with Gasteiger partial charge in [0.2, 0.25) is 0 Å². The van der Waals surface area contributed by atoms with Gasteiger partial charge in [0.05, 0.1) is 6.10 Å². The molecule has 1 heterocycles. The van der Waals surface area contributed by atoms with Gasteiger partial charge in [0.1, 0.15) is 5.82 Å². The molecule has 2 N–H and O–H groups in total. The van der Waals surface area contributed by atoms with Crippen LogP contribution in [0.3, 0.4) is 0 Å². The summed E-state index contributed by atoms with van der Waals surface area (Å²) in [7, 11) is 0. The molecule has 1 aromatic rings. The number of nitrogens with zero attached hydrogens (tertiary/aromatic N) is 2. The summed E-state index contributed by atoms with van der Waals surface area (Å²) >= 11 is 0. The normalized spacial score (nSPS) is 27.2. The average molecular weight is 193 g/mol. The van der Waals surface area contributed by atoms with E-state index >= 15 is 0 Å². The molecule has 0 radical (unpaired) electrons. The van der Waals surface area contributed by atoms with Crippen molar-refractivity contribution in [3.05, 3.63) is 18.3 Å². The summed E-state index contributed by atoms with van der Waals surface area (Å²) in [5, 5.41) is 20.5. The smallest absolute Gasteiger partial charge is 0.148 e. The summed E-state index contributed by atoms with van der Waals surface area (Å²) in [6.45, 7) is 0. The first-order valence-corrected chi connectivity index (χ1v) is 5.07. The van der Waals surface area contributed by atoms with Gasteiger partial charge in [-0.15, -0.1) is 5.10 Å². The average Bonchev–Trinajstić information content (AvgIpc) is 2.19. The highest BCUT2D eigenvalue weighted by Gasteiger charge is 2.19. The molecule has 2 rings (SSSR count). The van der Waals surface area contributed by atoms with Gasteiger partial charge in [0.25, 0.3) is 0 Å². The van der Waals surface area contributed by atoms with E-state index in [1.807, 2.05) is 12.1 Å². The standard InChI is InChI=1S/C10H15N3O/c14-9-4-1-3-8(7-9)12-10-5-2-6-11-13-10/h2,5-6,8-9,14H,1,3-4,7H2,(H,12,13)/t8-,9+/m1/s1. The molecule has 14 heavy (non-hydrogen) atoms. The number of nitrogens with one attached hydrogen (secondary N) is 1. The molecule has 0 aromatic carbocycles. The number of aliphatic hydroxyl groups is 1. The third-order valence-electron chi connectivity index (χ3n) is 2.57. The number of anilines is 1. The molecule has 0 spiro atoms. The maximum absolute atomic E-state index is 9.48. The molecule has 2 atom stereocenters. The lowest BCUT2D eigenvalue weighted by molar-refractivity contribution is 0.124. The van der Waals surface area contributed by atoms with E-state index in [1.54, 1.807) is 6.20 Å². The van der Waals surface area contributed by atoms with Crippen molar-refractivity contribution < 1.29 is 5.11 Å². The van der Waals surface area contributed by atoms with E-state index in [2.05, 4.69) is 15.5 Å². The van der Waals surface area contributed by atoms with Crippen molar-refractivity contribution >= 4 is 5.82 Å². The van der Waals surface area contributed by atoms with E-state index in [4.69, 9.17) is 0 Å². The number of hydrogen-bond acceptors (Lipinski definition) is 4. The molecule has 1 aromatic heterocycles. The Morgan fingerprint density at radius 3 is 3.07 bits per heavy atom. The first kappa shape index (κ1) is 9.40. The lowest BCUT2D eigenvalue weighted by Gasteiger charge is -2.26. The molecule has 0 bridgehead atoms. The predicted octanol–water partition coefficient (Wildman–Crippen LogP) is 1.19. The van der Waals surface area contributed by atoms with Crippen LogP contribution in [0.2, 0.25) is 0 Å². The molecule has 0 saturated heterocycles. The van der Waals surface area contributed by atoms with Crippen LogP contribution in [0.15, 0.2) is 18.3 Å². The Labute approximate surface area is 83.4 Å². The Kier molecular flexibility index (Phi) is 2.93. The lowest BCUT2D eigenvalue weighted by atomic mass is 9.93. The third kappa shape index (κ3) is 2.42. The minimum atomic E-state index is -0.155. The molecule has 1 fully saturated rings. The minimum Gasteiger partial charge on any atom is -0.393 e. The van der Waals surface area contributed by atoms with E-state index < -0.39 is 0 Å². The molecule has 0 unspecified atom stereocenters. The van der Waals surface area contributed by atoms with Crippen molar-refractivity contribution in [1.29, 1.82) is 0 Å². The molecule has 1 saturated carbocycles. The molecule has 1 aliphatic rings. The Hall–Kier alpha value is -1.16. The summed E-state index contributed by atoms with van der Waals surface area (Å²) in [5.41, 5.74) is 0. The zero-order chi connectivity index (χ0) is 9.80. The third-order valence-corrected chi connectivity index (χ3v) is 2.57. The molecular weight excluding hydrogens is 178 g/mol. The quantitative estimate of drug-likeness (QED) is 0.740. The van der Waals surface area contributed by atoms with E-state index in [-0.39, 0.29) is 6.10 Å². The van der Waals surface area contributed by atoms with E-state index in [0.29, 0.717) is 6.04 Å². The van der Waals surface area contributed by atoms with Crippen molar-refractivity contribution in [3.63, 3.8) is 0 Å². The summed E-state index contributed by atoms with van der Waals surface area (Å²) in [5.74, 6) is 0.798. The predicted molar refractivity (Wildman–Crippen MR) is 53.9 cm³/mol. The molecular formula is C10H15N3O. The fourth-order valence-corrected chi connectivity index (χ4v) is 1.88. The molecule has 0 amide bonds. The van der Waals surface area contributed by atoms with Gasteiger partial charge in [-0.3, -0.25) is 0 Å². The van der Waals surface area contributed by atoms with Gasteiger partial charge >= 0.3 is 0 Å². The minimum absolute atomic E-state index is 0.155. The van der Waals surface area contributed by atoms with E-state index in [0.717, 1.165) is 31.5 Å². The van der Waals surface area contributed by atoms with E-state index in [1.165, 1.54) is 0 Å². The van der Waals surface area contributed by atoms with Crippen LogP contribution >= 0.6 is 0 Å². The fourth-order valence-electron chi connectivity index (χ4n) is 1.88. The van der Waals surface area contributed by atoms with Crippen LogP contribution < -0.4 is 5.32 Å². The van der Waals surface area contributed by atoms with Crippen molar-refractivity contribution in [3.8, 4) is 0 Å². The Bertz CT molecular complexity index is 278. The van der Waals surface area contributed by atoms with Crippen LogP contribution in [0.5, 0.6) is 0 Å². The molecule has 76 valence electrons. The van der Waals surface area contributed by atoms with Crippen LogP contribution in [0.1, 0.15) is 25.7 Å². The van der Waals surface area contributed by atoms with Gasteiger partial charge in [-0.1, -0.05) is 0 Å². The highest BCUT2D eigenvalue weighted by Crippen LogP contribution is 2.20. The zero-order valence-electron chi connectivity index (χ0n) is 8.06. The first-order chi connectivity index (χ1) is 6.84. The first-order valence-electron chi connectivity index (χ1n) is 5.07. The maximum Gasteiger partial charge on any atom is 0.148 e. The molecule has 0 aliphatic heterocycles. The van der Waals surface area contributed by atoms with Gasteiger partial charge in [-0.05, 0) is 37.8 Å². The lowest BCUT2D eigenvalue weighted by Crippen LogP contribution is -2.30. The van der Waals surface area contributed by atoms with Gasteiger partial charge in [0, 0.05) is 12.2 Å². The van der Waals surface area contributed by atoms with E-state index in [9.17, 15) is 5.11 Å². The largest absolute Gasteiger partial charge is 0.393 e. The van der Waals surface area contributed by atoms with Gasteiger partial charge < -0.3 is 10.4 Å². The molecule has 4 nitrogen and oxygen atoms in total. The number of hydrogen-bond donors (Lipinski definition) is 2. The summed E-state index contributed by atoms with van der Waals surface area (Å²) < 4.78 is 0. The van der Waals surface area contributed by atoms with Crippen LogP contribution in [0.25, 0.3) is 0 Å². The van der Waals surface area contributed by atoms with Crippen LogP contribution in [-0.2, 0) is 0 Å². The van der Waals surface area contributed by atoms with Crippen molar-refractivity contribution in [2.45, 2.75) is 37.8 Å². The Morgan fingerprint density at radius 1 is 1.43 bits per heavy atom. The van der Waals surface area contributed by atoms with Crippen LogP contribution in [0.4, 0.5) is 5.82 Å². The topological polar surface area (TPSA) is 58.0 Å². The van der Waals surface area contributed by atoms with Crippen molar-refractivity contribution in [2.75, 3.05) is 5.32 Å². The molecule has 4 heteroatoms. The van der Waals surface area contributed by atoms with Crippen LogP contribution in [-0.4, -0.2) is 27.4 Å². The van der Waals surface area contributed by atoms with Crippen molar-refractivity contribution in [2.24, 2.45) is 0 Å².